The van der Waals surface area contributed by atoms with Crippen LogP contribution in [0.15, 0.2) is 97.3 Å². The highest BCUT2D eigenvalue weighted by atomic mass is 19.1. The molecule has 362 valence electrons. The van der Waals surface area contributed by atoms with Gasteiger partial charge >= 0.3 is 0 Å². The molecule has 2 aromatic heterocycles. The second-order valence-electron chi connectivity index (χ2n) is 17.9. The van der Waals surface area contributed by atoms with Crippen LogP contribution in [0.4, 0.5) is 27.1 Å². The van der Waals surface area contributed by atoms with Crippen molar-refractivity contribution in [1.29, 1.82) is 0 Å². The molecule has 21 heteroatoms. The van der Waals surface area contributed by atoms with Crippen LogP contribution in [-0.2, 0) is 38.6 Å². The third-order valence-corrected chi connectivity index (χ3v) is 13.4. The van der Waals surface area contributed by atoms with Gasteiger partial charge in [-0.3, -0.25) is 19.2 Å². The van der Waals surface area contributed by atoms with Crippen molar-refractivity contribution in [2.45, 2.75) is 50.2 Å². The maximum atomic E-state index is 16.2. The predicted octanol–water partition coefficient (Wildman–Crippen LogP) is 2.72. The van der Waals surface area contributed by atoms with Crippen molar-refractivity contribution in [3.63, 3.8) is 0 Å². The van der Waals surface area contributed by atoms with E-state index >= 15 is 4.39 Å². The Labute approximate surface area is 402 Å². The molecule has 0 bridgehead atoms. The minimum Gasteiger partial charge on any atom is -0.489 e. The summed E-state index contributed by atoms with van der Waals surface area (Å²) in [6.07, 6.45) is 1.84. The van der Waals surface area contributed by atoms with Gasteiger partial charge in [0.2, 0.25) is 11.7 Å². The van der Waals surface area contributed by atoms with E-state index < -0.39 is 35.6 Å². The summed E-state index contributed by atoms with van der Waals surface area (Å²) in [7, 11) is 4.90. The summed E-state index contributed by atoms with van der Waals surface area (Å²) in [5.74, 6) is -2.52. The summed E-state index contributed by atoms with van der Waals surface area (Å²) < 4.78 is 36.3. The van der Waals surface area contributed by atoms with Crippen molar-refractivity contribution in [3.8, 4) is 5.75 Å². The first-order chi connectivity index (χ1) is 34.0. The van der Waals surface area contributed by atoms with Gasteiger partial charge < -0.3 is 44.4 Å². The van der Waals surface area contributed by atoms with E-state index in [-0.39, 0.29) is 48.0 Å². The lowest BCUT2D eigenvalue weighted by atomic mass is 9.97. The number of ether oxygens (including phenoxy) is 3. The van der Waals surface area contributed by atoms with E-state index in [0.717, 1.165) is 28.1 Å². The number of rotatable bonds is 12. The number of nitrogens with zero attached hydrogens (tertiary/aromatic N) is 11. The first-order valence-corrected chi connectivity index (χ1v) is 23.1. The number of anilines is 4. The summed E-state index contributed by atoms with van der Waals surface area (Å²) in [5.41, 5.74) is 5.08. The van der Waals surface area contributed by atoms with Crippen LogP contribution in [0.2, 0.25) is 0 Å². The van der Waals surface area contributed by atoms with Gasteiger partial charge in [-0.15, -0.1) is 15.3 Å². The fourth-order valence-electron chi connectivity index (χ4n) is 9.64. The number of hydrogen-bond donors (Lipinski definition) is 2. The number of likely N-dealkylation sites (N-methyl/N-ethyl adjacent to an activating group) is 2. The maximum Gasteiger partial charge on any atom is 0.293 e. The first kappa shape index (κ1) is 46.0. The number of carbonyl (C=O) groups is 4. The molecular formula is C49H52FN13O7. The predicted molar refractivity (Wildman–Crippen MR) is 253 cm³/mol. The fraction of sp³-hybridized carbons (Fsp3) is 0.367. The Hall–Kier alpha value is -7.78. The van der Waals surface area contributed by atoms with Gasteiger partial charge in [-0.25, -0.2) is 14.1 Å². The largest absolute Gasteiger partial charge is 0.489 e. The molecule has 0 spiro atoms. The van der Waals surface area contributed by atoms with Crippen LogP contribution in [0, 0.1) is 11.7 Å². The van der Waals surface area contributed by atoms with Crippen molar-refractivity contribution in [1.82, 2.24) is 45.6 Å². The highest BCUT2D eigenvalue weighted by Gasteiger charge is 2.42. The van der Waals surface area contributed by atoms with Crippen molar-refractivity contribution in [2.75, 3.05) is 80.2 Å². The van der Waals surface area contributed by atoms with E-state index in [0.29, 0.717) is 70.2 Å². The molecular weight excluding hydrogens is 902 g/mol. The van der Waals surface area contributed by atoms with Crippen LogP contribution in [-0.4, -0.2) is 143 Å². The van der Waals surface area contributed by atoms with Gasteiger partial charge in [0.25, 0.3) is 23.5 Å². The average molecular weight is 954 g/mol. The van der Waals surface area contributed by atoms with Crippen LogP contribution >= 0.6 is 0 Å². The van der Waals surface area contributed by atoms with Crippen LogP contribution in [0.3, 0.4) is 0 Å². The molecule has 4 aromatic carbocycles. The molecule has 6 aromatic rings. The molecule has 0 radical (unpaired) electrons. The highest BCUT2D eigenvalue weighted by molar-refractivity contribution is 6.03. The fourth-order valence-corrected chi connectivity index (χ4v) is 9.64. The molecule has 0 saturated carbocycles. The number of halogens is 1. The normalized spacial score (nSPS) is 21.4. The molecule has 2 N–H and O–H groups in total. The van der Waals surface area contributed by atoms with Crippen molar-refractivity contribution < 1.29 is 37.8 Å². The lowest BCUT2D eigenvalue weighted by Crippen LogP contribution is -2.49. The van der Waals surface area contributed by atoms with E-state index in [2.05, 4.69) is 41.0 Å². The SMILES string of the molecule is CO[C@@H]1CN(c2ccc3c(c2)N(C)C(=O)[C@@H](NC(=O)c2nnn(Cc4ccccc4)n2)CC3)CC1C1CN(c2cc3c(cc2F)N(C)C(=O)[C@@H](NC(=O)c2ncn(Cc4ccccc4)n2)CO3)CCO1. The molecule has 4 aliphatic rings. The van der Waals surface area contributed by atoms with Gasteiger partial charge in [-0.05, 0) is 46.9 Å². The standard InChI is InChI=1S/C49H52FN13O7/c1-58-38-20-33(16-14-32(38)15-17-36(48(58)66)52-47(65)45-54-57-63(56-45)24-31-12-8-5-9-13-31)61-25-34(42(26-61)68-3)43-27-60(18-19-69-43)39-22-41-40(21-35(39)50)59(2)49(67)37(28-70-41)53-46(64)44-51-29-62(55-44)23-30-10-6-4-7-11-30/h4-14,16,20-22,29,34,36-37,42-43H,15,17-19,23-28H2,1-3H3,(H,52,65)(H,53,64)/t34?,36-,37-,42+,43?/m0/s1. The van der Waals surface area contributed by atoms with Crippen LogP contribution in [0.25, 0.3) is 0 Å². The van der Waals surface area contributed by atoms with Gasteiger partial charge in [0.05, 0.1) is 43.3 Å². The molecule has 20 nitrogen and oxygen atoms in total. The van der Waals surface area contributed by atoms with Gasteiger partial charge in [-0.1, -0.05) is 66.7 Å². The molecule has 5 atom stereocenters. The van der Waals surface area contributed by atoms with Crippen LogP contribution in [0.5, 0.6) is 5.75 Å². The summed E-state index contributed by atoms with van der Waals surface area (Å²) >= 11 is 0. The molecule has 4 aliphatic heterocycles. The number of nitrogens with one attached hydrogen (secondary N) is 2. The Morgan fingerprint density at radius 2 is 1.50 bits per heavy atom. The third-order valence-electron chi connectivity index (χ3n) is 13.4. The van der Waals surface area contributed by atoms with E-state index in [1.807, 2.05) is 83.8 Å². The topological polar surface area (TPSA) is 207 Å². The molecule has 6 heterocycles. The Balaban J connectivity index is 0.774. The molecule has 10 rings (SSSR count). The molecule has 2 saturated heterocycles. The number of fused-ring (bicyclic) bond motifs is 2. The number of carbonyl (C=O) groups excluding carboxylic acids is 4. The zero-order valence-electron chi connectivity index (χ0n) is 38.9. The number of tetrazole rings is 1. The third kappa shape index (κ3) is 9.48. The maximum absolute atomic E-state index is 16.2. The molecule has 4 amide bonds. The number of morpholine rings is 1. The summed E-state index contributed by atoms with van der Waals surface area (Å²) in [5, 5.41) is 22.0. The van der Waals surface area contributed by atoms with Gasteiger partial charge in [0, 0.05) is 76.8 Å². The number of hydrogen-bond acceptors (Lipinski definition) is 14. The Morgan fingerprint density at radius 1 is 0.786 bits per heavy atom. The van der Waals surface area contributed by atoms with Crippen molar-refractivity contribution in [2.24, 2.45) is 5.92 Å². The zero-order chi connectivity index (χ0) is 48.5. The number of methoxy groups -OCH3 is 1. The molecule has 2 unspecified atom stereocenters. The van der Waals surface area contributed by atoms with Crippen molar-refractivity contribution >= 4 is 46.4 Å². The van der Waals surface area contributed by atoms with E-state index in [9.17, 15) is 19.2 Å². The second kappa shape index (κ2) is 19.7. The highest BCUT2D eigenvalue weighted by Crippen LogP contribution is 2.39. The monoisotopic (exact) mass is 953 g/mol. The molecule has 70 heavy (non-hydrogen) atoms. The van der Waals surface area contributed by atoms with Gasteiger partial charge in [-0.2, -0.15) is 4.80 Å². The van der Waals surface area contributed by atoms with E-state index in [4.69, 9.17) is 14.2 Å². The summed E-state index contributed by atoms with van der Waals surface area (Å²) in [4.78, 5) is 66.5. The summed E-state index contributed by atoms with van der Waals surface area (Å²) in [6, 6.07) is 26.3. The summed E-state index contributed by atoms with van der Waals surface area (Å²) in [6.45, 7) is 2.81. The lowest BCUT2D eigenvalue weighted by Gasteiger charge is -2.38. The van der Waals surface area contributed by atoms with Gasteiger partial charge in [0.1, 0.15) is 36.6 Å². The lowest BCUT2D eigenvalue weighted by molar-refractivity contribution is -0.121. The number of aromatic nitrogens is 7. The molecule has 0 aliphatic carbocycles. The average Bonchev–Trinajstić information content (AvgIpc) is 4.14. The Bertz CT molecular complexity index is 2900. The smallest absolute Gasteiger partial charge is 0.293 e. The quantitative estimate of drug-likeness (QED) is 0.181. The van der Waals surface area contributed by atoms with E-state index in [1.54, 1.807) is 29.8 Å². The Kier molecular flexibility index (Phi) is 12.9. The van der Waals surface area contributed by atoms with Crippen molar-refractivity contribution in [3.05, 3.63) is 131 Å². The number of benzene rings is 4. The zero-order valence-corrected chi connectivity index (χ0v) is 38.9. The van der Waals surface area contributed by atoms with Gasteiger partial charge in [0.15, 0.2) is 0 Å². The second-order valence-corrected chi connectivity index (χ2v) is 17.9. The number of amides is 4. The minimum atomic E-state index is -1.09. The van der Waals surface area contributed by atoms with E-state index in [1.165, 1.54) is 29.1 Å². The first-order valence-electron chi connectivity index (χ1n) is 23.1. The number of aryl methyl sites for hydroxylation is 1. The van der Waals surface area contributed by atoms with Crippen LogP contribution < -0.4 is 35.0 Å². The molecule has 2 fully saturated rings. The van der Waals surface area contributed by atoms with Crippen LogP contribution in [0.1, 0.15) is 44.3 Å². The Morgan fingerprint density at radius 3 is 2.27 bits per heavy atom. The minimum absolute atomic E-state index is 0.0962.